The van der Waals surface area contributed by atoms with Crippen molar-refractivity contribution in [3.63, 3.8) is 0 Å². The van der Waals surface area contributed by atoms with Crippen molar-refractivity contribution < 1.29 is 8.95 Å². The Morgan fingerprint density at radius 3 is 3.13 bits per heavy atom. The lowest BCUT2D eigenvalue weighted by Gasteiger charge is -2.31. The summed E-state index contributed by atoms with van der Waals surface area (Å²) in [4.78, 5) is 5.03. The van der Waals surface area contributed by atoms with E-state index in [0.29, 0.717) is 17.8 Å². The number of nitrogens with zero attached hydrogens (tertiary/aromatic N) is 2. The molecule has 6 heteroatoms. The SMILES string of the molecule is COc1cncc2cccc(S(=O)N3CCC4NCCCC43)c12. The zero-order valence-electron chi connectivity index (χ0n) is 13.2. The second-order valence-corrected chi connectivity index (χ2v) is 7.55. The lowest BCUT2D eigenvalue weighted by molar-refractivity contribution is 0.298. The van der Waals surface area contributed by atoms with Gasteiger partial charge < -0.3 is 10.1 Å². The van der Waals surface area contributed by atoms with Crippen LogP contribution in [-0.4, -0.2) is 45.8 Å². The minimum atomic E-state index is -1.18. The fourth-order valence-electron chi connectivity index (χ4n) is 3.81. The van der Waals surface area contributed by atoms with E-state index in [0.717, 1.165) is 48.0 Å². The number of benzene rings is 1. The van der Waals surface area contributed by atoms with Gasteiger partial charge in [-0.3, -0.25) is 4.98 Å². The molecule has 2 aliphatic heterocycles. The van der Waals surface area contributed by atoms with Gasteiger partial charge in [-0.1, -0.05) is 12.1 Å². The molecule has 2 fully saturated rings. The zero-order valence-corrected chi connectivity index (χ0v) is 14.0. The number of pyridine rings is 1. The van der Waals surface area contributed by atoms with Crippen molar-refractivity contribution in [1.29, 1.82) is 0 Å². The topological polar surface area (TPSA) is 54.5 Å². The molecular formula is C17H21N3O2S. The maximum Gasteiger partial charge on any atom is 0.146 e. The van der Waals surface area contributed by atoms with E-state index in [1.54, 1.807) is 19.5 Å². The number of methoxy groups -OCH3 is 1. The maximum atomic E-state index is 13.3. The summed E-state index contributed by atoms with van der Waals surface area (Å²) in [6.07, 6.45) is 6.83. The molecule has 2 saturated heterocycles. The minimum absolute atomic E-state index is 0.368. The van der Waals surface area contributed by atoms with Crippen LogP contribution in [0.2, 0.25) is 0 Å². The van der Waals surface area contributed by atoms with Crippen molar-refractivity contribution in [3.05, 3.63) is 30.6 Å². The number of rotatable bonds is 3. The van der Waals surface area contributed by atoms with Crippen LogP contribution in [0.15, 0.2) is 35.5 Å². The third kappa shape index (κ3) is 2.55. The van der Waals surface area contributed by atoms with Gasteiger partial charge in [0.25, 0.3) is 0 Å². The fourth-order valence-corrected chi connectivity index (χ4v) is 5.42. The molecule has 3 unspecified atom stereocenters. The number of piperidine rings is 1. The van der Waals surface area contributed by atoms with E-state index in [-0.39, 0.29) is 0 Å². The molecule has 5 nitrogen and oxygen atoms in total. The minimum Gasteiger partial charge on any atom is -0.494 e. The van der Waals surface area contributed by atoms with E-state index in [1.807, 2.05) is 18.2 Å². The summed E-state index contributed by atoms with van der Waals surface area (Å²) >= 11 is 0. The highest BCUT2D eigenvalue weighted by molar-refractivity contribution is 7.83. The van der Waals surface area contributed by atoms with Crippen LogP contribution < -0.4 is 10.1 Å². The molecule has 3 atom stereocenters. The standard InChI is InChI=1S/C17H21N3O2S/c1-22-15-11-18-10-12-4-2-6-16(17(12)15)23(21)20-9-7-13-14(20)5-3-8-19-13/h2,4,6,10-11,13-14,19H,3,5,7-9H2,1H3. The molecule has 1 aromatic carbocycles. The first-order chi connectivity index (χ1) is 11.3. The highest BCUT2D eigenvalue weighted by atomic mass is 32.2. The van der Waals surface area contributed by atoms with E-state index in [4.69, 9.17) is 4.74 Å². The van der Waals surface area contributed by atoms with E-state index in [9.17, 15) is 4.21 Å². The Morgan fingerprint density at radius 2 is 2.26 bits per heavy atom. The van der Waals surface area contributed by atoms with Crippen molar-refractivity contribution >= 4 is 21.8 Å². The van der Waals surface area contributed by atoms with Gasteiger partial charge in [-0.25, -0.2) is 8.51 Å². The average Bonchev–Trinajstić information content (AvgIpc) is 3.04. The van der Waals surface area contributed by atoms with Gasteiger partial charge in [0, 0.05) is 35.6 Å². The lowest BCUT2D eigenvalue weighted by Crippen LogP contribution is -2.47. The first-order valence-corrected chi connectivity index (χ1v) is 9.23. The van der Waals surface area contributed by atoms with Gasteiger partial charge in [-0.05, 0) is 31.9 Å². The monoisotopic (exact) mass is 331 g/mol. The number of aromatic nitrogens is 1. The van der Waals surface area contributed by atoms with Crippen molar-refractivity contribution in [3.8, 4) is 5.75 Å². The highest BCUT2D eigenvalue weighted by Crippen LogP contribution is 2.34. The first kappa shape index (κ1) is 15.1. The summed E-state index contributed by atoms with van der Waals surface area (Å²) in [5.74, 6) is 0.684. The van der Waals surface area contributed by atoms with Crippen molar-refractivity contribution in [2.45, 2.75) is 36.2 Å². The van der Waals surface area contributed by atoms with Crippen LogP contribution in [0.3, 0.4) is 0 Å². The molecule has 0 amide bonds. The van der Waals surface area contributed by atoms with Gasteiger partial charge in [0.2, 0.25) is 0 Å². The largest absolute Gasteiger partial charge is 0.494 e. The first-order valence-electron chi connectivity index (χ1n) is 8.12. The van der Waals surface area contributed by atoms with E-state index >= 15 is 0 Å². The van der Waals surface area contributed by atoms with Crippen LogP contribution in [0.5, 0.6) is 5.75 Å². The van der Waals surface area contributed by atoms with Gasteiger partial charge in [0.05, 0.1) is 18.2 Å². The van der Waals surface area contributed by atoms with Gasteiger partial charge in [0.15, 0.2) is 0 Å². The molecule has 0 aliphatic carbocycles. The summed E-state index contributed by atoms with van der Waals surface area (Å²) in [5.41, 5.74) is 0. The Hall–Kier alpha value is -1.50. The molecule has 0 bridgehead atoms. The van der Waals surface area contributed by atoms with E-state index in [1.165, 1.54) is 0 Å². The Kier molecular flexibility index (Phi) is 4.05. The molecule has 0 spiro atoms. The average molecular weight is 331 g/mol. The summed E-state index contributed by atoms with van der Waals surface area (Å²) in [7, 11) is 0.454. The summed E-state index contributed by atoms with van der Waals surface area (Å²) < 4.78 is 20.9. The smallest absolute Gasteiger partial charge is 0.146 e. The second-order valence-electron chi connectivity index (χ2n) is 6.14. The molecule has 122 valence electrons. The Morgan fingerprint density at radius 1 is 1.35 bits per heavy atom. The molecule has 4 rings (SSSR count). The Labute approximate surface area is 138 Å². The van der Waals surface area contributed by atoms with Crippen LogP contribution in [0.4, 0.5) is 0 Å². The number of hydrogen-bond donors (Lipinski definition) is 1. The molecular weight excluding hydrogens is 310 g/mol. The van der Waals surface area contributed by atoms with E-state index in [2.05, 4.69) is 14.6 Å². The molecule has 3 heterocycles. The normalized spacial score (nSPS) is 26.1. The predicted octanol–water partition coefficient (Wildman–Crippen LogP) is 2.09. The fraction of sp³-hybridized carbons (Fsp3) is 0.471. The molecule has 2 aliphatic rings. The van der Waals surface area contributed by atoms with Crippen molar-refractivity contribution in [1.82, 2.24) is 14.6 Å². The number of ether oxygens (including phenoxy) is 1. The highest BCUT2D eigenvalue weighted by Gasteiger charge is 2.39. The predicted molar refractivity (Wildman–Crippen MR) is 90.8 cm³/mol. The zero-order chi connectivity index (χ0) is 15.8. The van der Waals surface area contributed by atoms with Gasteiger partial charge in [-0.2, -0.15) is 0 Å². The summed E-state index contributed by atoms with van der Waals surface area (Å²) in [5, 5.41) is 5.44. The van der Waals surface area contributed by atoms with Crippen molar-refractivity contribution in [2.24, 2.45) is 0 Å². The van der Waals surface area contributed by atoms with Crippen LogP contribution in [-0.2, 0) is 11.0 Å². The Balaban J connectivity index is 1.75. The van der Waals surface area contributed by atoms with Crippen LogP contribution >= 0.6 is 0 Å². The maximum absolute atomic E-state index is 13.3. The number of fused-ring (bicyclic) bond motifs is 2. The van der Waals surface area contributed by atoms with Gasteiger partial charge >= 0.3 is 0 Å². The third-order valence-electron chi connectivity index (χ3n) is 4.91. The second kappa shape index (κ2) is 6.19. The molecule has 0 radical (unpaired) electrons. The molecule has 23 heavy (non-hydrogen) atoms. The summed E-state index contributed by atoms with van der Waals surface area (Å²) in [6.45, 7) is 1.95. The molecule has 1 N–H and O–H groups in total. The quantitative estimate of drug-likeness (QED) is 0.936. The van der Waals surface area contributed by atoms with Gasteiger partial charge in [-0.15, -0.1) is 0 Å². The number of nitrogens with one attached hydrogen (secondary N) is 1. The van der Waals surface area contributed by atoms with Gasteiger partial charge in [0.1, 0.15) is 16.7 Å². The molecule has 1 aromatic heterocycles. The van der Waals surface area contributed by atoms with Crippen molar-refractivity contribution in [2.75, 3.05) is 20.2 Å². The lowest BCUT2D eigenvalue weighted by atomic mass is 10.0. The Bertz CT molecular complexity index is 746. The van der Waals surface area contributed by atoms with Crippen LogP contribution in [0.1, 0.15) is 19.3 Å². The summed E-state index contributed by atoms with van der Waals surface area (Å²) in [6, 6.07) is 6.73. The molecule has 0 saturated carbocycles. The molecule has 2 aromatic rings. The number of hydrogen-bond acceptors (Lipinski definition) is 4. The van der Waals surface area contributed by atoms with Crippen LogP contribution in [0, 0.1) is 0 Å². The third-order valence-corrected chi connectivity index (χ3v) is 6.51. The van der Waals surface area contributed by atoms with Crippen LogP contribution in [0.25, 0.3) is 10.8 Å². The van der Waals surface area contributed by atoms with E-state index < -0.39 is 11.0 Å².